The van der Waals surface area contributed by atoms with E-state index in [9.17, 15) is 4.79 Å². The molecule has 0 radical (unpaired) electrons. The summed E-state index contributed by atoms with van der Waals surface area (Å²) in [4.78, 5) is 12.9. The van der Waals surface area contributed by atoms with Gasteiger partial charge in [0.05, 0.1) is 16.8 Å². The van der Waals surface area contributed by atoms with E-state index < -0.39 is 0 Å². The normalized spacial score (nSPS) is 14.5. The number of thioether (sulfide) groups is 1. The molecule has 0 spiro atoms. The van der Waals surface area contributed by atoms with Gasteiger partial charge in [-0.25, -0.2) is 0 Å². The van der Waals surface area contributed by atoms with Crippen molar-refractivity contribution in [2.45, 2.75) is 32.9 Å². The quantitative estimate of drug-likeness (QED) is 0.671. The van der Waals surface area contributed by atoms with Gasteiger partial charge in [0.15, 0.2) is 0 Å². The summed E-state index contributed by atoms with van der Waals surface area (Å²) < 4.78 is 2.92. The first kappa shape index (κ1) is 16.0. The highest BCUT2D eigenvalue weighted by Crippen LogP contribution is 2.29. The Morgan fingerprint density at radius 2 is 1.84 bits per heavy atom. The SMILES string of the molecule is Cc1nn(-c2nnc3n2N=C(C(C)(C)C)CS3)c(=O)c2ccccc12. The third-order valence-electron chi connectivity index (χ3n) is 4.20. The van der Waals surface area contributed by atoms with Crippen molar-refractivity contribution in [3.05, 3.63) is 40.3 Å². The van der Waals surface area contributed by atoms with Gasteiger partial charge in [-0.2, -0.15) is 19.6 Å². The van der Waals surface area contributed by atoms with E-state index in [1.807, 2.05) is 25.1 Å². The lowest BCUT2D eigenvalue weighted by molar-refractivity contribution is 0.569. The zero-order valence-corrected chi connectivity index (χ0v) is 15.3. The van der Waals surface area contributed by atoms with Gasteiger partial charge in [0.1, 0.15) is 0 Å². The molecule has 8 heteroatoms. The number of aryl methyl sites for hydroxylation is 1. The average molecular weight is 354 g/mol. The Balaban J connectivity index is 1.96. The van der Waals surface area contributed by atoms with Crippen LogP contribution < -0.4 is 5.56 Å². The molecule has 0 amide bonds. The second kappa shape index (κ2) is 5.52. The first-order chi connectivity index (χ1) is 11.9. The number of hydrogen-bond donors (Lipinski definition) is 0. The molecule has 1 aliphatic heterocycles. The first-order valence-corrected chi connectivity index (χ1v) is 9.00. The summed E-state index contributed by atoms with van der Waals surface area (Å²) in [6.45, 7) is 8.23. The van der Waals surface area contributed by atoms with Crippen molar-refractivity contribution >= 4 is 28.2 Å². The van der Waals surface area contributed by atoms with Crippen molar-refractivity contribution in [1.29, 1.82) is 0 Å². The van der Waals surface area contributed by atoms with Crippen molar-refractivity contribution in [2.75, 3.05) is 5.75 Å². The molecule has 3 aromatic rings. The minimum absolute atomic E-state index is 0.0656. The monoisotopic (exact) mass is 354 g/mol. The third-order valence-corrected chi connectivity index (χ3v) is 5.13. The predicted octanol–water partition coefficient (Wildman–Crippen LogP) is 2.64. The topological polar surface area (TPSA) is 78.0 Å². The van der Waals surface area contributed by atoms with E-state index in [1.165, 1.54) is 4.68 Å². The van der Waals surface area contributed by atoms with Gasteiger partial charge >= 0.3 is 0 Å². The van der Waals surface area contributed by atoms with Gasteiger partial charge in [-0.15, -0.1) is 10.2 Å². The first-order valence-electron chi connectivity index (χ1n) is 8.02. The fourth-order valence-corrected chi connectivity index (χ4v) is 3.80. The van der Waals surface area contributed by atoms with Gasteiger partial charge in [-0.1, -0.05) is 50.7 Å². The van der Waals surface area contributed by atoms with Gasteiger partial charge in [0.25, 0.3) is 11.5 Å². The smallest absolute Gasteiger partial charge is 0.267 e. The number of benzene rings is 1. The largest absolute Gasteiger partial charge is 0.282 e. The molecular formula is C17H18N6OS. The number of fused-ring (bicyclic) bond motifs is 2. The van der Waals surface area contributed by atoms with Gasteiger partial charge in [0.2, 0.25) is 5.16 Å². The van der Waals surface area contributed by atoms with Crippen LogP contribution >= 0.6 is 11.8 Å². The molecule has 0 saturated heterocycles. The van der Waals surface area contributed by atoms with Crippen LogP contribution in [-0.2, 0) is 0 Å². The predicted molar refractivity (Wildman–Crippen MR) is 98.7 cm³/mol. The zero-order chi connectivity index (χ0) is 17.8. The van der Waals surface area contributed by atoms with Crippen LogP contribution in [0.2, 0.25) is 0 Å². The molecule has 4 rings (SSSR count). The molecule has 3 heterocycles. The van der Waals surface area contributed by atoms with Crippen LogP contribution in [0.4, 0.5) is 0 Å². The molecule has 2 aromatic heterocycles. The molecule has 7 nitrogen and oxygen atoms in total. The van der Waals surface area contributed by atoms with Crippen molar-refractivity contribution in [3.63, 3.8) is 0 Å². The van der Waals surface area contributed by atoms with Gasteiger partial charge in [0, 0.05) is 16.6 Å². The summed E-state index contributed by atoms with van der Waals surface area (Å²) in [7, 11) is 0. The highest BCUT2D eigenvalue weighted by atomic mass is 32.2. The molecule has 0 aliphatic carbocycles. The lowest BCUT2D eigenvalue weighted by atomic mass is 9.91. The zero-order valence-electron chi connectivity index (χ0n) is 14.5. The summed E-state index contributed by atoms with van der Waals surface area (Å²) in [6.07, 6.45) is 0. The summed E-state index contributed by atoms with van der Waals surface area (Å²) in [5, 5.41) is 19.6. The average Bonchev–Trinajstić information content (AvgIpc) is 3.00. The Morgan fingerprint density at radius 1 is 1.12 bits per heavy atom. The van der Waals surface area contributed by atoms with E-state index in [0.29, 0.717) is 16.5 Å². The highest BCUT2D eigenvalue weighted by Gasteiger charge is 2.27. The molecule has 1 aliphatic rings. The fourth-order valence-electron chi connectivity index (χ4n) is 2.70. The maximum atomic E-state index is 12.9. The van der Waals surface area contributed by atoms with Crippen LogP contribution in [0, 0.1) is 12.3 Å². The van der Waals surface area contributed by atoms with Gasteiger partial charge < -0.3 is 0 Å². The van der Waals surface area contributed by atoms with E-state index in [4.69, 9.17) is 5.10 Å². The molecule has 25 heavy (non-hydrogen) atoms. The second-order valence-electron chi connectivity index (χ2n) is 7.03. The highest BCUT2D eigenvalue weighted by molar-refractivity contribution is 7.99. The van der Waals surface area contributed by atoms with Crippen LogP contribution in [0.1, 0.15) is 26.5 Å². The third kappa shape index (κ3) is 2.57. The standard InChI is InChI=1S/C17H18N6OS/c1-10-11-7-5-6-8-12(11)14(24)22(20-10)15-18-19-16-23(15)21-13(9-25-16)17(2,3)4/h5-8H,9H2,1-4H3. The summed E-state index contributed by atoms with van der Waals surface area (Å²) in [6, 6.07) is 7.44. The Hall–Kier alpha value is -2.48. The molecule has 1 aromatic carbocycles. The van der Waals surface area contributed by atoms with Crippen molar-refractivity contribution in [1.82, 2.24) is 24.7 Å². The Labute approximate surface area is 148 Å². The molecule has 0 bridgehead atoms. The maximum Gasteiger partial charge on any atom is 0.282 e. The van der Waals surface area contributed by atoms with Crippen LogP contribution in [0.15, 0.2) is 39.3 Å². The Kier molecular flexibility index (Phi) is 3.54. The number of rotatable bonds is 1. The van der Waals surface area contributed by atoms with Crippen LogP contribution in [0.3, 0.4) is 0 Å². The lowest BCUT2D eigenvalue weighted by Crippen LogP contribution is -2.29. The lowest BCUT2D eigenvalue weighted by Gasteiger charge is -2.24. The minimum atomic E-state index is -0.223. The van der Waals surface area contributed by atoms with E-state index in [0.717, 1.165) is 22.5 Å². The van der Waals surface area contributed by atoms with E-state index >= 15 is 0 Å². The maximum absolute atomic E-state index is 12.9. The van der Waals surface area contributed by atoms with Crippen LogP contribution in [0.25, 0.3) is 16.7 Å². The minimum Gasteiger partial charge on any atom is -0.267 e. The molecule has 0 atom stereocenters. The van der Waals surface area contributed by atoms with Gasteiger partial charge in [-0.05, 0) is 13.0 Å². The Morgan fingerprint density at radius 3 is 2.56 bits per heavy atom. The molecule has 0 saturated carbocycles. The van der Waals surface area contributed by atoms with Crippen LogP contribution in [-0.4, -0.2) is 36.1 Å². The Bertz CT molecular complexity index is 1070. The van der Waals surface area contributed by atoms with Crippen molar-refractivity contribution in [2.24, 2.45) is 10.5 Å². The van der Waals surface area contributed by atoms with E-state index in [1.54, 1.807) is 22.5 Å². The van der Waals surface area contributed by atoms with Crippen molar-refractivity contribution in [3.8, 4) is 5.95 Å². The van der Waals surface area contributed by atoms with Crippen LogP contribution in [0.5, 0.6) is 0 Å². The summed E-state index contributed by atoms with van der Waals surface area (Å²) in [5.41, 5.74) is 1.50. The molecule has 128 valence electrons. The molecule has 0 N–H and O–H groups in total. The molecular weight excluding hydrogens is 336 g/mol. The molecule has 0 fully saturated rings. The summed E-state index contributed by atoms with van der Waals surface area (Å²) in [5.74, 6) is 1.09. The van der Waals surface area contributed by atoms with E-state index in [-0.39, 0.29) is 11.0 Å². The number of nitrogens with zero attached hydrogens (tertiary/aromatic N) is 6. The van der Waals surface area contributed by atoms with Crippen molar-refractivity contribution < 1.29 is 0 Å². The van der Waals surface area contributed by atoms with Gasteiger partial charge in [-0.3, -0.25) is 4.79 Å². The van der Waals surface area contributed by atoms with E-state index in [2.05, 4.69) is 36.1 Å². The summed E-state index contributed by atoms with van der Waals surface area (Å²) >= 11 is 1.57. The molecule has 0 unspecified atom stereocenters. The second-order valence-corrected chi connectivity index (χ2v) is 7.97. The number of hydrogen-bond acceptors (Lipinski definition) is 6. The fraction of sp³-hybridized carbons (Fsp3) is 0.353. The number of aromatic nitrogens is 5.